The fourth-order valence-electron chi connectivity index (χ4n) is 5.20. The monoisotopic (exact) mass is 449 g/mol. The van der Waals surface area contributed by atoms with E-state index >= 15 is 0 Å². The van der Waals surface area contributed by atoms with Crippen LogP contribution in [0.2, 0.25) is 0 Å². The van der Waals surface area contributed by atoms with E-state index in [1.54, 1.807) is 6.07 Å². The molecule has 1 aromatic rings. The highest BCUT2D eigenvalue weighted by atomic mass is 19.4. The fourth-order valence-corrected chi connectivity index (χ4v) is 5.20. The molecule has 7 heteroatoms. The fraction of sp³-hybridized carbons (Fsp3) is 0.600. The third-order valence-corrected chi connectivity index (χ3v) is 6.94. The second kappa shape index (κ2) is 9.57. The number of anilines is 1. The molecule has 0 spiro atoms. The first-order valence-corrected chi connectivity index (χ1v) is 11.5. The number of ether oxygens (including phenoxy) is 1. The number of benzene rings is 1. The summed E-state index contributed by atoms with van der Waals surface area (Å²) in [4.78, 5) is 4.40. The van der Waals surface area contributed by atoms with Crippen LogP contribution in [0.25, 0.3) is 0 Å². The van der Waals surface area contributed by atoms with Gasteiger partial charge in [-0.1, -0.05) is 24.3 Å². The molecule has 0 radical (unpaired) electrons. The minimum Gasteiger partial charge on any atom is -0.381 e. The SMILES string of the molecule is CN(C)CCN(C)C[C@H]1CC[C@@H]2[C@H](O1)c1cc(C(F)(F)F)ccc1N[C@H]2C1C=CC=CC1. The third kappa shape index (κ3) is 5.21. The van der Waals surface area contributed by atoms with Crippen LogP contribution in [0.5, 0.6) is 0 Å². The Morgan fingerprint density at radius 3 is 2.59 bits per heavy atom. The summed E-state index contributed by atoms with van der Waals surface area (Å²) in [5, 5.41) is 3.58. The highest BCUT2D eigenvalue weighted by Crippen LogP contribution is 2.49. The van der Waals surface area contributed by atoms with Gasteiger partial charge in [0.1, 0.15) is 0 Å². The number of halogens is 3. The largest absolute Gasteiger partial charge is 0.416 e. The van der Waals surface area contributed by atoms with E-state index in [4.69, 9.17) is 4.74 Å². The van der Waals surface area contributed by atoms with Crippen LogP contribution in [0, 0.1) is 11.8 Å². The highest BCUT2D eigenvalue weighted by Gasteiger charge is 2.45. The molecular formula is C25H34F3N3O. The van der Waals surface area contributed by atoms with E-state index in [9.17, 15) is 13.2 Å². The smallest absolute Gasteiger partial charge is 0.381 e. The predicted octanol–water partition coefficient (Wildman–Crippen LogP) is 4.96. The van der Waals surface area contributed by atoms with E-state index in [0.29, 0.717) is 11.5 Å². The quantitative estimate of drug-likeness (QED) is 0.664. The highest BCUT2D eigenvalue weighted by molar-refractivity contribution is 5.58. The molecule has 0 amide bonds. The summed E-state index contributed by atoms with van der Waals surface area (Å²) in [6.45, 7) is 2.68. The molecule has 1 N–H and O–H groups in total. The third-order valence-electron chi connectivity index (χ3n) is 6.94. The molecule has 176 valence electrons. The second-order valence-corrected chi connectivity index (χ2v) is 9.67. The van der Waals surface area contributed by atoms with Crippen molar-refractivity contribution < 1.29 is 17.9 Å². The molecule has 4 nitrogen and oxygen atoms in total. The van der Waals surface area contributed by atoms with Crippen LogP contribution in [0.3, 0.4) is 0 Å². The van der Waals surface area contributed by atoms with E-state index in [1.807, 2.05) is 0 Å². The van der Waals surface area contributed by atoms with Gasteiger partial charge in [0.2, 0.25) is 0 Å². The maximum atomic E-state index is 13.5. The Hall–Kier alpha value is -1.83. The summed E-state index contributed by atoms with van der Waals surface area (Å²) < 4.78 is 47.0. The molecule has 0 aromatic heterocycles. The van der Waals surface area contributed by atoms with E-state index in [-0.39, 0.29) is 24.2 Å². The van der Waals surface area contributed by atoms with Crippen LogP contribution >= 0.6 is 0 Å². The van der Waals surface area contributed by atoms with Crippen LogP contribution in [-0.4, -0.2) is 62.7 Å². The normalized spacial score (nSPS) is 29.7. The molecule has 3 aliphatic rings. The average Bonchev–Trinajstić information content (AvgIpc) is 2.76. The summed E-state index contributed by atoms with van der Waals surface area (Å²) in [6, 6.07) is 4.21. The lowest BCUT2D eigenvalue weighted by Crippen LogP contribution is -2.48. The summed E-state index contributed by atoms with van der Waals surface area (Å²) in [5.74, 6) is 0.460. The van der Waals surface area contributed by atoms with Gasteiger partial charge in [-0.15, -0.1) is 0 Å². The molecule has 4 rings (SSSR count). The molecule has 0 saturated carbocycles. The van der Waals surface area contributed by atoms with E-state index in [0.717, 1.165) is 44.6 Å². The summed E-state index contributed by atoms with van der Waals surface area (Å²) in [7, 11) is 6.18. The van der Waals surface area contributed by atoms with Crippen LogP contribution in [-0.2, 0) is 10.9 Å². The number of hydrogen-bond donors (Lipinski definition) is 1. The first-order valence-electron chi connectivity index (χ1n) is 11.5. The lowest BCUT2D eigenvalue weighted by atomic mass is 9.73. The van der Waals surface area contributed by atoms with Crippen LogP contribution in [0.15, 0.2) is 42.5 Å². The van der Waals surface area contributed by atoms with Crippen molar-refractivity contribution in [2.75, 3.05) is 46.1 Å². The summed E-state index contributed by atoms with van der Waals surface area (Å²) in [5.41, 5.74) is 0.815. The van der Waals surface area contributed by atoms with Crippen molar-refractivity contribution in [1.29, 1.82) is 0 Å². The number of likely N-dealkylation sites (N-methyl/N-ethyl adjacent to an activating group) is 2. The zero-order valence-corrected chi connectivity index (χ0v) is 19.1. The maximum absolute atomic E-state index is 13.5. The van der Waals surface area contributed by atoms with Gasteiger partial charge in [-0.05, 0) is 58.6 Å². The lowest BCUT2D eigenvalue weighted by molar-refractivity contribution is -0.138. The van der Waals surface area contributed by atoms with E-state index in [2.05, 4.69) is 60.6 Å². The molecule has 0 bridgehead atoms. The number of nitrogens with one attached hydrogen (secondary N) is 1. The Balaban J connectivity index is 1.58. The minimum absolute atomic E-state index is 0.0198. The van der Waals surface area contributed by atoms with Gasteiger partial charge in [-0.3, -0.25) is 0 Å². The van der Waals surface area contributed by atoms with Gasteiger partial charge in [-0.25, -0.2) is 0 Å². The van der Waals surface area contributed by atoms with Crippen molar-refractivity contribution in [3.8, 4) is 0 Å². The molecule has 1 aliphatic carbocycles. The Morgan fingerprint density at radius 1 is 1.09 bits per heavy atom. The van der Waals surface area contributed by atoms with E-state index < -0.39 is 11.7 Å². The van der Waals surface area contributed by atoms with Gasteiger partial charge in [0.25, 0.3) is 0 Å². The Labute approximate surface area is 189 Å². The van der Waals surface area contributed by atoms with Gasteiger partial charge < -0.3 is 19.9 Å². The summed E-state index contributed by atoms with van der Waals surface area (Å²) >= 11 is 0. The second-order valence-electron chi connectivity index (χ2n) is 9.67. The Morgan fingerprint density at radius 2 is 1.91 bits per heavy atom. The molecule has 1 aromatic carbocycles. The van der Waals surface area contributed by atoms with Crippen LogP contribution in [0.1, 0.15) is 36.5 Å². The minimum atomic E-state index is -4.36. The number of fused-ring (bicyclic) bond motifs is 3. The summed E-state index contributed by atoms with van der Waals surface area (Å²) in [6.07, 6.45) is 6.63. The Bertz CT molecular complexity index is 851. The van der Waals surface area contributed by atoms with E-state index in [1.165, 1.54) is 12.1 Å². The molecule has 1 fully saturated rings. The van der Waals surface area contributed by atoms with Crippen molar-refractivity contribution in [2.45, 2.75) is 43.7 Å². The number of rotatable bonds is 6. The van der Waals surface area contributed by atoms with Crippen molar-refractivity contribution in [2.24, 2.45) is 11.8 Å². The first-order chi connectivity index (χ1) is 15.2. The van der Waals surface area contributed by atoms with Crippen molar-refractivity contribution >= 4 is 5.69 Å². The zero-order valence-electron chi connectivity index (χ0n) is 19.1. The van der Waals surface area contributed by atoms with Crippen LogP contribution in [0.4, 0.5) is 18.9 Å². The van der Waals surface area contributed by atoms with Gasteiger partial charge >= 0.3 is 6.18 Å². The van der Waals surface area contributed by atoms with Gasteiger partial charge in [0.15, 0.2) is 0 Å². The number of alkyl halides is 3. The standard InChI is InChI=1S/C25H34F3N3O/c1-30(2)13-14-31(3)16-19-10-11-20-23(17-7-5-4-6-8-17)29-22-12-9-18(25(26,27)28)15-21(22)24(20)32-19/h4-7,9,12,15,17,19-20,23-24,29H,8,10-11,13-14,16H2,1-3H3/t17?,19-,20+,23+,24+/m1/s1. The molecule has 32 heavy (non-hydrogen) atoms. The molecule has 1 unspecified atom stereocenters. The molecule has 5 atom stereocenters. The van der Waals surface area contributed by atoms with Crippen molar-refractivity contribution in [3.05, 3.63) is 53.6 Å². The topological polar surface area (TPSA) is 27.7 Å². The maximum Gasteiger partial charge on any atom is 0.416 e. The van der Waals surface area contributed by atoms with Crippen molar-refractivity contribution in [3.63, 3.8) is 0 Å². The van der Waals surface area contributed by atoms with Gasteiger partial charge in [0, 0.05) is 48.8 Å². The molecule has 1 saturated heterocycles. The zero-order chi connectivity index (χ0) is 22.9. The molecule has 2 heterocycles. The number of hydrogen-bond acceptors (Lipinski definition) is 4. The predicted molar refractivity (Wildman–Crippen MR) is 122 cm³/mol. The number of nitrogens with zero attached hydrogens (tertiary/aromatic N) is 2. The first kappa shape index (κ1) is 23.3. The van der Waals surface area contributed by atoms with Gasteiger partial charge in [0.05, 0.1) is 17.8 Å². The van der Waals surface area contributed by atoms with Gasteiger partial charge in [-0.2, -0.15) is 13.2 Å². The molecular weight excluding hydrogens is 415 g/mol. The van der Waals surface area contributed by atoms with Crippen LogP contribution < -0.4 is 5.32 Å². The Kier molecular flexibility index (Phi) is 6.98. The average molecular weight is 450 g/mol. The molecule has 2 aliphatic heterocycles. The van der Waals surface area contributed by atoms with Crippen molar-refractivity contribution in [1.82, 2.24) is 9.80 Å². The lowest BCUT2D eigenvalue weighted by Gasteiger charge is -2.48. The number of allylic oxidation sites excluding steroid dienone is 3.